The summed E-state index contributed by atoms with van der Waals surface area (Å²) in [6.07, 6.45) is 2.70. The number of rotatable bonds is 5. The fourth-order valence-corrected chi connectivity index (χ4v) is 4.62. The molecule has 0 radical (unpaired) electrons. The molecule has 0 spiro atoms. The second-order valence-corrected chi connectivity index (χ2v) is 7.81. The molecule has 0 fully saturated rings. The number of thiophene rings is 2. The van der Waals surface area contributed by atoms with Crippen molar-refractivity contribution in [1.82, 2.24) is 10.2 Å². The molecule has 4 nitrogen and oxygen atoms in total. The number of fused-ring (bicyclic) bond motifs is 1. The lowest BCUT2D eigenvalue weighted by molar-refractivity contribution is 0.744. The Hall–Kier alpha value is -1.50. The lowest BCUT2D eigenvalue weighted by Crippen LogP contribution is -2.17. The zero-order valence-corrected chi connectivity index (χ0v) is 14.6. The molecule has 0 saturated heterocycles. The molecular formula is C16H20N4S2. The highest BCUT2D eigenvalue weighted by molar-refractivity contribution is 7.19. The highest BCUT2D eigenvalue weighted by Gasteiger charge is 2.14. The average Bonchev–Trinajstić information content (AvgIpc) is 3.02. The highest BCUT2D eigenvalue weighted by Crippen LogP contribution is 2.34. The summed E-state index contributed by atoms with van der Waals surface area (Å²) in [4.78, 5) is 2.63. The van der Waals surface area contributed by atoms with Crippen LogP contribution >= 0.6 is 22.7 Å². The van der Waals surface area contributed by atoms with E-state index in [2.05, 4.69) is 40.8 Å². The summed E-state index contributed by atoms with van der Waals surface area (Å²) in [5, 5.41) is 14.1. The third kappa shape index (κ3) is 3.14. The smallest absolute Gasteiger partial charge is 0.109 e. The number of nitrogens with zero attached hydrogens (tertiary/aromatic N) is 2. The first-order valence-electron chi connectivity index (χ1n) is 7.31. The summed E-state index contributed by atoms with van der Waals surface area (Å²) in [6.45, 7) is 7.08. The maximum atomic E-state index is 5.95. The topological polar surface area (TPSA) is 63.8 Å². The van der Waals surface area contributed by atoms with E-state index >= 15 is 0 Å². The molecule has 3 heterocycles. The van der Waals surface area contributed by atoms with Crippen LogP contribution in [0.25, 0.3) is 10.2 Å². The Morgan fingerprint density at radius 3 is 2.86 bits per heavy atom. The van der Waals surface area contributed by atoms with Gasteiger partial charge in [0, 0.05) is 22.3 Å². The SMILES string of the molecule is Cc1csc(CNc2cnnc3c(C)c(C[C@H](C)N)sc23)c1. The fraction of sp³-hybridized carbons (Fsp3) is 0.375. The molecule has 3 N–H and O–H groups in total. The number of aryl methyl sites for hydroxylation is 2. The maximum absolute atomic E-state index is 5.95. The predicted molar refractivity (Wildman–Crippen MR) is 95.9 cm³/mol. The lowest BCUT2D eigenvalue weighted by atomic mass is 10.1. The maximum Gasteiger partial charge on any atom is 0.109 e. The van der Waals surface area contributed by atoms with Gasteiger partial charge in [0.15, 0.2) is 0 Å². The van der Waals surface area contributed by atoms with Gasteiger partial charge in [-0.1, -0.05) is 0 Å². The summed E-state index contributed by atoms with van der Waals surface area (Å²) in [5.74, 6) is 0. The van der Waals surface area contributed by atoms with E-state index in [-0.39, 0.29) is 6.04 Å². The average molecular weight is 332 g/mol. The Morgan fingerprint density at radius 1 is 1.36 bits per heavy atom. The van der Waals surface area contributed by atoms with Gasteiger partial charge in [-0.25, -0.2) is 0 Å². The van der Waals surface area contributed by atoms with E-state index in [0.717, 1.165) is 24.2 Å². The monoisotopic (exact) mass is 332 g/mol. The molecule has 3 rings (SSSR count). The second kappa shape index (κ2) is 6.32. The Balaban J connectivity index is 1.89. The van der Waals surface area contributed by atoms with Crippen molar-refractivity contribution < 1.29 is 0 Å². The van der Waals surface area contributed by atoms with Crippen LogP contribution in [-0.4, -0.2) is 16.2 Å². The molecule has 0 bridgehead atoms. The van der Waals surface area contributed by atoms with Crippen molar-refractivity contribution in [3.8, 4) is 0 Å². The van der Waals surface area contributed by atoms with E-state index < -0.39 is 0 Å². The molecule has 0 aromatic carbocycles. The number of nitrogens with one attached hydrogen (secondary N) is 1. The van der Waals surface area contributed by atoms with Gasteiger partial charge in [0.25, 0.3) is 0 Å². The number of nitrogens with two attached hydrogens (primary N) is 1. The normalized spacial score (nSPS) is 12.7. The molecule has 3 aromatic heterocycles. The third-order valence-electron chi connectivity index (χ3n) is 3.55. The first kappa shape index (κ1) is 15.4. The van der Waals surface area contributed by atoms with Crippen LogP contribution in [0.15, 0.2) is 17.6 Å². The summed E-state index contributed by atoms with van der Waals surface area (Å²) in [5.41, 5.74) is 10.5. The molecule has 116 valence electrons. The predicted octanol–water partition coefficient (Wildman–Crippen LogP) is 3.87. The van der Waals surface area contributed by atoms with Gasteiger partial charge in [0.2, 0.25) is 0 Å². The van der Waals surface area contributed by atoms with Crippen LogP contribution in [0.2, 0.25) is 0 Å². The van der Waals surface area contributed by atoms with Crippen molar-refractivity contribution in [2.45, 2.75) is 39.8 Å². The van der Waals surface area contributed by atoms with Gasteiger partial charge in [-0.15, -0.1) is 27.8 Å². The van der Waals surface area contributed by atoms with Gasteiger partial charge >= 0.3 is 0 Å². The van der Waals surface area contributed by atoms with Crippen molar-refractivity contribution in [3.05, 3.63) is 38.5 Å². The van der Waals surface area contributed by atoms with Gasteiger partial charge in [0.05, 0.1) is 16.6 Å². The van der Waals surface area contributed by atoms with E-state index in [9.17, 15) is 0 Å². The van der Waals surface area contributed by atoms with Gasteiger partial charge in [-0.2, -0.15) is 5.10 Å². The highest BCUT2D eigenvalue weighted by atomic mass is 32.1. The van der Waals surface area contributed by atoms with Crippen LogP contribution in [0.1, 0.15) is 27.8 Å². The van der Waals surface area contributed by atoms with E-state index in [4.69, 9.17) is 5.73 Å². The molecule has 0 saturated carbocycles. The standard InChI is InChI=1S/C16H20N4S2/c1-9-4-12(21-8-9)6-18-13-7-19-20-15-11(3)14(5-10(2)17)22-16(13)15/h4,7-8,10H,5-6,17H2,1-3H3,(H,18,20)/t10-/m0/s1. The zero-order valence-electron chi connectivity index (χ0n) is 13.0. The number of hydrogen-bond acceptors (Lipinski definition) is 6. The number of anilines is 1. The van der Waals surface area contributed by atoms with Crippen LogP contribution in [-0.2, 0) is 13.0 Å². The summed E-state index contributed by atoms with van der Waals surface area (Å²) < 4.78 is 1.18. The lowest BCUT2D eigenvalue weighted by Gasteiger charge is -2.04. The van der Waals surface area contributed by atoms with E-state index in [1.54, 1.807) is 22.7 Å². The third-order valence-corrected chi connectivity index (χ3v) is 5.94. The molecule has 3 aromatic rings. The minimum absolute atomic E-state index is 0.158. The van der Waals surface area contributed by atoms with Crippen LogP contribution in [0.5, 0.6) is 0 Å². The van der Waals surface area contributed by atoms with E-state index in [1.807, 2.05) is 13.1 Å². The number of aromatic nitrogens is 2. The van der Waals surface area contributed by atoms with Crippen LogP contribution < -0.4 is 11.1 Å². The summed E-state index contributed by atoms with van der Waals surface area (Å²) >= 11 is 3.56. The Labute approximate surface area is 138 Å². The van der Waals surface area contributed by atoms with Crippen molar-refractivity contribution in [3.63, 3.8) is 0 Å². The molecule has 0 unspecified atom stereocenters. The van der Waals surface area contributed by atoms with E-state index in [0.29, 0.717) is 0 Å². The van der Waals surface area contributed by atoms with Crippen LogP contribution in [0.4, 0.5) is 5.69 Å². The molecule has 0 amide bonds. The Kier molecular flexibility index (Phi) is 4.42. The molecule has 22 heavy (non-hydrogen) atoms. The van der Waals surface area contributed by atoms with Crippen molar-refractivity contribution in [1.29, 1.82) is 0 Å². The molecular weight excluding hydrogens is 312 g/mol. The molecule has 0 aliphatic rings. The van der Waals surface area contributed by atoms with Gasteiger partial charge in [0.1, 0.15) is 5.52 Å². The zero-order chi connectivity index (χ0) is 15.7. The molecule has 0 aliphatic heterocycles. The Bertz CT molecular complexity index is 789. The Morgan fingerprint density at radius 2 is 2.18 bits per heavy atom. The van der Waals surface area contributed by atoms with E-state index in [1.165, 1.54) is 25.6 Å². The fourth-order valence-electron chi connectivity index (χ4n) is 2.44. The molecule has 0 aliphatic carbocycles. The first-order chi connectivity index (χ1) is 10.5. The van der Waals surface area contributed by atoms with Crippen molar-refractivity contribution in [2.75, 3.05) is 5.32 Å². The van der Waals surface area contributed by atoms with Crippen LogP contribution in [0, 0.1) is 13.8 Å². The second-order valence-electron chi connectivity index (χ2n) is 5.71. The van der Waals surface area contributed by atoms with Crippen molar-refractivity contribution in [2.24, 2.45) is 5.73 Å². The molecule has 1 atom stereocenters. The summed E-state index contributed by atoms with van der Waals surface area (Å²) in [6, 6.07) is 2.37. The quantitative estimate of drug-likeness (QED) is 0.744. The van der Waals surface area contributed by atoms with Crippen LogP contribution in [0.3, 0.4) is 0 Å². The molecule has 6 heteroatoms. The number of hydrogen-bond donors (Lipinski definition) is 2. The van der Waals surface area contributed by atoms with Gasteiger partial charge < -0.3 is 11.1 Å². The largest absolute Gasteiger partial charge is 0.378 e. The van der Waals surface area contributed by atoms with Gasteiger partial charge in [-0.3, -0.25) is 0 Å². The summed E-state index contributed by atoms with van der Waals surface area (Å²) in [7, 11) is 0. The van der Waals surface area contributed by atoms with Crippen molar-refractivity contribution >= 4 is 38.6 Å². The minimum atomic E-state index is 0.158. The minimum Gasteiger partial charge on any atom is -0.378 e. The first-order valence-corrected chi connectivity index (χ1v) is 9.01. The van der Waals surface area contributed by atoms with Gasteiger partial charge in [-0.05, 0) is 49.8 Å².